The Bertz CT molecular complexity index is 2010. The number of hydrogen-bond donors (Lipinski definition) is 3. The Kier molecular flexibility index (Phi) is 15.4. The summed E-state index contributed by atoms with van der Waals surface area (Å²) in [5.41, 5.74) is 2.61. The molecule has 0 radical (unpaired) electrons. The van der Waals surface area contributed by atoms with Gasteiger partial charge in [-0.3, -0.25) is 9.59 Å². The summed E-state index contributed by atoms with van der Waals surface area (Å²) >= 11 is 0. The number of ether oxygens (including phenoxy) is 7. The molecule has 14 nitrogen and oxygen atoms in total. The highest BCUT2D eigenvalue weighted by Gasteiger charge is 2.51. The van der Waals surface area contributed by atoms with Gasteiger partial charge in [-0.2, -0.15) is 0 Å². The predicted molar refractivity (Wildman–Crippen MR) is 216 cm³/mol. The van der Waals surface area contributed by atoms with E-state index in [4.69, 9.17) is 33.2 Å². The molecule has 0 unspecified atom stereocenters. The van der Waals surface area contributed by atoms with Gasteiger partial charge in [0.25, 0.3) is 0 Å². The number of aliphatic hydroxyl groups is 1. The van der Waals surface area contributed by atoms with Gasteiger partial charge in [0.1, 0.15) is 44.1 Å². The van der Waals surface area contributed by atoms with Crippen LogP contribution >= 0.6 is 0 Å². The molecule has 2 amide bonds. The third kappa shape index (κ3) is 11.3. The Labute approximate surface area is 347 Å². The summed E-state index contributed by atoms with van der Waals surface area (Å²) in [5.74, 6) is -1.98. The smallest absolute Gasteiger partial charge is 0.407 e. The first-order valence-electron chi connectivity index (χ1n) is 19.2. The molecule has 3 N–H and O–H groups in total. The van der Waals surface area contributed by atoms with E-state index in [0.717, 1.165) is 27.8 Å². The maximum Gasteiger partial charge on any atom is 0.407 e. The van der Waals surface area contributed by atoms with E-state index in [2.05, 4.69) is 10.6 Å². The van der Waals surface area contributed by atoms with Gasteiger partial charge in [0.2, 0.25) is 0 Å². The second-order valence-corrected chi connectivity index (χ2v) is 13.6. The maximum absolute atomic E-state index is 13.3. The molecule has 14 heteroatoms. The van der Waals surface area contributed by atoms with E-state index in [9.17, 15) is 24.3 Å². The minimum Gasteiger partial charge on any atom is -0.454 e. The highest BCUT2D eigenvalue weighted by Crippen LogP contribution is 2.41. The molecule has 1 saturated heterocycles. The number of nitrogens with one attached hydrogen (secondary N) is 2. The number of alkyl carbamates (subject to hydrolysis) is 2. The van der Waals surface area contributed by atoms with Gasteiger partial charge >= 0.3 is 24.1 Å². The van der Waals surface area contributed by atoms with Gasteiger partial charge in [0.05, 0.1) is 6.61 Å². The first kappa shape index (κ1) is 43.0. The van der Waals surface area contributed by atoms with E-state index in [1.54, 1.807) is 48.5 Å². The van der Waals surface area contributed by atoms with Crippen LogP contribution < -0.4 is 10.6 Å². The average Bonchev–Trinajstić information content (AvgIpc) is 3.30. The Hall–Kier alpha value is -6.58. The second-order valence-electron chi connectivity index (χ2n) is 13.6. The number of esters is 2. The van der Waals surface area contributed by atoms with Crippen molar-refractivity contribution in [2.45, 2.75) is 49.5 Å². The molecule has 6 rings (SSSR count). The van der Waals surface area contributed by atoms with E-state index >= 15 is 0 Å². The monoisotopic (exact) mass is 818 g/mol. The van der Waals surface area contributed by atoms with E-state index < -0.39 is 73.5 Å². The average molecular weight is 819 g/mol. The lowest BCUT2D eigenvalue weighted by Gasteiger charge is -2.44. The zero-order valence-corrected chi connectivity index (χ0v) is 32.8. The van der Waals surface area contributed by atoms with Gasteiger partial charge in [-0.25, -0.2) is 9.59 Å². The van der Waals surface area contributed by atoms with Crippen molar-refractivity contribution in [2.24, 2.45) is 0 Å². The normalized spacial score (nSPS) is 18.7. The SMILES string of the molecule is CO[C@H]1O[C@@H](COC(c2ccccc2)(c2ccccc2)c2ccccc2)[C@@H](O)[C@@H](OC(=O)CNC(=O)OCc2ccccc2)[C@@H]1OC(=O)CNC(=O)OCc1ccccc1. The zero-order valence-electron chi connectivity index (χ0n) is 32.8. The molecule has 1 aliphatic rings. The van der Waals surface area contributed by atoms with Crippen molar-refractivity contribution in [3.05, 3.63) is 179 Å². The number of aliphatic hydroxyl groups excluding tert-OH is 1. The molecule has 1 fully saturated rings. The first-order valence-corrected chi connectivity index (χ1v) is 19.2. The number of carbonyl (C=O) groups is 4. The highest BCUT2D eigenvalue weighted by atomic mass is 16.7. The van der Waals surface area contributed by atoms with Gasteiger partial charge in [0, 0.05) is 7.11 Å². The number of amides is 2. The second kappa shape index (κ2) is 21.4. The molecule has 0 bridgehead atoms. The van der Waals surface area contributed by atoms with Gasteiger partial charge in [-0.15, -0.1) is 0 Å². The summed E-state index contributed by atoms with van der Waals surface area (Å²) < 4.78 is 40.5. The number of carbonyl (C=O) groups excluding carboxylic acids is 4. The van der Waals surface area contributed by atoms with Crippen LogP contribution in [0, 0.1) is 0 Å². The molecule has 0 saturated carbocycles. The molecule has 0 spiro atoms. The van der Waals surface area contributed by atoms with Crippen LogP contribution in [0.4, 0.5) is 9.59 Å². The van der Waals surface area contributed by atoms with Crippen LogP contribution in [-0.2, 0) is 61.6 Å². The van der Waals surface area contributed by atoms with Crippen LogP contribution in [0.15, 0.2) is 152 Å². The third-order valence-electron chi connectivity index (χ3n) is 9.57. The molecule has 5 aromatic rings. The van der Waals surface area contributed by atoms with Crippen LogP contribution in [-0.4, -0.2) is 86.7 Å². The summed E-state index contributed by atoms with van der Waals surface area (Å²) in [6, 6.07) is 46.5. The molecular weight excluding hydrogens is 773 g/mol. The van der Waals surface area contributed by atoms with Crippen LogP contribution in [0.1, 0.15) is 27.8 Å². The molecule has 0 aliphatic carbocycles. The van der Waals surface area contributed by atoms with Crippen LogP contribution in [0.5, 0.6) is 0 Å². The van der Waals surface area contributed by atoms with Crippen molar-refractivity contribution < 1.29 is 57.4 Å². The molecule has 5 atom stereocenters. The summed E-state index contributed by atoms with van der Waals surface area (Å²) in [6.45, 7) is -1.67. The third-order valence-corrected chi connectivity index (χ3v) is 9.57. The Morgan fingerprint density at radius 3 is 1.37 bits per heavy atom. The number of hydrogen-bond acceptors (Lipinski definition) is 12. The fraction of sp³-hybridized carbons (Fsp3) is 0.261. The standard InChI is InChI=1S/C46H46N2O12/c1-54-43-42(60-39(50)28-48-45(53)56-30-33-19-9-3-10-20-33)41(59-38(49)27-47-44(52)55-29-32-17-7-2-8-18-32)40(51)37(58-43)31-57-46(34-21-11-4-12-22-34,35-23-13-5-14-24-35)36-25-15-6-16-26-36/h2-26,37,40-43,51H,27-31H2,1H3,(H,47,52)(H,48,53)/t37-,40+,41+,42-,43-/m0/s1. The fourth-order valence-corrected chi connectivity index (χ4v) is 6.68. The van der Waals surface area contributed by atoms with Crippen molar-refractivity contribution in [3.63, 3.8) is 0 Å². The molecule has 60 heavy (non-hydrogen) atoms. The Morgan fingerprint density at radius 2 is 0.967 bits per heavy atom. The quantitative estimate of drug-likeness (QED) is 0.0620. The van der Waals surface area contributed by atoms with Gasteiger partial charge in [-0.1, -0.05) is 152 Å². The largest absolute Gasteiger partial charge is 0.454 e. The Morgan fingerprint density at radius 1 is 0.583 bits per heavy atom. The first-order chi connectivity index (χ1) is 29.3. The fourth-order valence-electron chi connectivity index (χ4n) is 6.68. The van der Waals surface area contributed by atoms with E-state index in [-0.39, 0.29) is 19.8 Å². The van der Waals surface area contributed by atoms with E-state index in [1.807, 2.05) is 103 Å². The Balaban J connectivity index is 1.20. The van der Waals surface area contributed by atoms with Gasteiger partial charge < -0.3 is 48.9 Å². The van der Waals surface area contributed by atoms with Crippen molar-refractivity contribution in [1.82, 2.24) is 10.6 Å². The summed E-state index contributed by atoms with van der Waals surface area (Å²) in [5, 5.41) is 16.6. The van der Waals surface area contributed by atoms with Crippen molar-refractivity contribution in [3.8, 4) is 0 Å². The van der Waals surface area contributed by atoms with Crippen LogP contribution in [0.25, 0.3) is 0 Å². The summed E-state index contributed by atoms with van der Waals surface area (Å²) in [7, 11) is 1.28. The van der Waals surface area contributed by atoms with Crippen molar-refractivity contribution >= 4 is 24.1 Å². The molecule has 1 aliphatic heterocycles. The lowest BCUT2D eigenvalue weighted by molar-refractivity contribution is -0.304. The molecule has 5 aromatic carbocycles. The number of methoxy groups -OCH3 is 1. The molecule has 0 aromatic heterocycles. The minimum absolute atomic E-state index is 0.0362. The molecular formula is C46H46N2O12. The predicted octanol–water partition coefficient (Wildman–Crippen LogP) is 5.40. The van der Waals surface area contributed by atoms with Gasteiger partial charge in [0.15, 0.2) is 18.5 Å². The van der Waals surface area contributed by atoms with Crippen molar-refractivity contribution in [1.29, 1.82) is 0 Å². The van der Waals surface area contributed by atoms with E-state index in [0.29, 0.717) is 0 Å². The van der Waals surface area contributed by atoms with E-state index in [1.165, 1.54) is 7.11 Å². The zero-order chi connectivity index (χ0) is 42.2. The van der Waals surface area contributed by atoms with Gasteiger partial charge in [-0.05, 0) is 27.8 Å². The molecule has 312 valence electrons. The lowest BCUT2D eigenvalue weighted by atomic mass is 9.80. The number of benzene rings is 5. The number of rotatable bonds is 17. The van der Waals surface area contributed by atoms with Crippen LogP contribution in [0.3, 0.4) is 0 Å². The van der Waals surface area contributed by atoms with Crippen LogP contribution in [0.2, 0.25) is 0 Å². The topological polar surface area (TPSA) is 177 Å². The highest BCUT2D eigenvalue weighted by molar-refractivity contribution is 5.79. The van der Waals surface area contributed by atoms with Crippen molar-refractivity contribution in [2.75, 3.05) is 26.8 Å². The lowest BCUT2D eigenvalue weighted by Crippen LogP contribution is -2.62. The summed E-state index contributed by atoms with van der Waals surface area (Å²) in [4.78, 5) is 51.3. The molecule has 1 heterocycles. The minimum atomic E-state index is -1.67. The maximum atomic E-state index is 13.3. The summed E-state index contributed by atoms with van der Waals surface area (Å²) in [6.07, 6.45) is -9.25.